The van der Waals surface area contributed by atoms with Gasteiger partial charge in [0, 0.05) is 17.0 Å². The molecule has 2 aromatic rings. The third-order valence-corrected chi connectivity index (χ3v) is 3.68. The van der Waals surface area contributed by atoms with Gasteiger partial charge in [0.2, 0.25) is 0 Å². The number of thiophene rings is 1. The third-order valence-electron chi connectivity index (χ3n) is 2.87. The molecule has 1 heterocycles. The van der Waals surface area contributed by atoms with Crippen molar-refractivity contribution in [3.8, 4) is 16.9 Å². The number of nitrogen functional groups attached to an aromatic ring is 1. The second-order valence-electron chi connectivity index (χ2n) is 4.75. The van der Waals surface area contributed by atoms with Crippen LogP contribution in [0.15, 0.2) is 29.6 Å². The van der Waals surface area contributed by atoms with Crippen molar-refractivity contribution in [1.29, 1.82) is 0 Å². The van der Waals surface area contributed by atoms with E-state index in [0.29, 0.717) is 10.6 Å². The van der Waals surface area contributed by atoms with Gasteiger partial charge >= 0.3 is 0 Å². The highest BCUT2D eigenvalue weighted by atomic mass is 32.1. The topological polar surface area (TPSA) is 64.3 Å². The van der Waals surface area contributed by atoms with Crippen molar-refractivity contribution in [3.05, 3.63) is 35.2 Å². The van der Waals surface area contributed by atoms with E-state index >= 15 is 0 Å². The van der Waals surface area contributed by atoms with Gasteiger partial charge in [0.1, 0.15) is 5.75 Å². The van der Waals surface area contributed by atoms with Gasteiger partial charge in [-0.15, -0.1) is 11.3 Å². The fourth-order valence-electron chi connectivity index (χ4n) is 1.92. The van der Waals surface area contributed by atoms with Crippen molar-refractivity contribution in [2.45, 2.75) is 19.9 Å². The molecule has 0 aliphatic rings. The second kappa shape index (κ2) is 5.96. The zero-order valence-corrected chi connectivity index (χ0v) is 12.6. The van der Waals surface area contributed by atoms with E-state index in [1.165, 1.54) is 11.3 Å². The first-order valence-electron chi connectivity index (χ1n) is 6.35. The Morgan fingerprint density at radius 3 is 2.50 bits per heavy atom. The fourth-order valence-corrected chi connectivity index (χ4v) is 2.74. The highest BCUT2D eigenvalue weighted by Crippen LogP contribution is 2.34. The predicted octanol–water partition coefficient (Wildman–Crippen LogP) is 3.14. The predicted molar refractivity (Wildman–Crippen MR) is 83.3 cm³/mol. The van der Waals surface area contributed by atoms with Crippen molar-refractivity contribution in [2.24, 2.45) is 0 Å². The van der Waals surface area contributed by atoms with Gasteiger partial charge in [-0.25, -0.2) is 0 Å². The molecule has 0 saturated carbocycles. The minimum absolute atomic E-state index is 0.0746. The van der Waals surface area contributed by atoms with E-state index in [-0.39, 0.29) is 11.9 Å². The standard InChI is InChI=1S/C15H18N2O2S/c1-9(2)17-15(18)13-12(8-20-14(13)16)10-4-6-11(19-3)7-5-10/h4-9H,16H2,1-3H3,(H,17,18). The number of amides is 1. The zero-order valence-electron chi connectivity index (χ0n) is 11.8. The number of nitrogens with one attached hydrogen (secondary N) is 1. The molecule has 1 amide bonds. The molecule has 3 N–H and O–H groups in total. The first-order valence-corrected chi connectivity index (χ1v) is 7.23. The Bertz CT molecular complexity index is 603. The molecule has 1 aromatic heterocycles. The minimum Gasteiger partial charge on any atom is -0.497 e. The van der Waals surface area contributed by atoms with Crippen LogP contribution in [0.5, 0.6) is 5.75 Å². The summed E-state index contributed by atoms with van der Waals surface area (Å²) in [5, 5.41) is 5.33. The van der Waals surface area contributed by atoms with E-state index in [4.69, 9.17) is 10.5 Å². The molecular weight excluding hydrogens is 272 g/mol. The monoisotopic (exact) mass is 290 g/mol. The summed E-state index contributed by atoms with van der Waals surface area (Å²) in [6, 6.07) is 7.66. The van der Waals surface area contributed by atoms with Crippen molar-refractivity contribution >= 4 is 22.2 Å². The minimum atomic E-state index is -0.135. The first-order chi connectivity index (χ1) is 9.52. The lowest BCUT2D eigenvalue weighted by Crippen LogP contribution is -2.30. The van der Waals surface area contributed by atoms with Crippen LogP contribution in [0.3, 0.4) is 0 Å². The van der Waals surface area contributed by atoms with E-state index in [9.17, 15) is 4.79 Å². The first kappa shape index (κ1) is 14.4. The average Bonchev–Trinajstić information content (AvgIpc) is 2.80. The van der Waals surface area contributed by atoms with Crippen LogP contribution in [-0.4, -0.2) is 19.1 Å². The van der Waals surface area contributed by atoms with Crippen LogP contribution in [0.2, 0.25) is 0 Å². The van der Waals surface area contributed by atoms with Crippen molar-refractivity contribution < 1.29 is 9.53 Å². The molecule has 5 heteroatoms. The van der Waals surface area contributed by atoms with Gasteiger partial charge in [0.15, 0.2) is 0 Å². The summed E-state index contributed by atoms with van der Waals surface area (Å²) >= 11 is 1.38. The summed E-state index contributed by atoms with van der Waals surface area (Å²) in [5.41, 5.74) is 8.30. The largest absolute Gasteiger partial charge is 0.497 e. The van der Waals surface area contributed by atoms with E-state index in [2.05, 4.69) is 5.32 Å². The van der Waals surface area contributed by atoms with Gasteiger partial charge in [-0.3, -0.25) is 4.79 Å². The normalized spacial score (nSPS) is 10.6. The van der Waals surface area contributed by atoms with Gasteiger partial charge < -0.3 is 15.8 Å². The number of ether oxygens (including phenoxy) is 1. The summed E-state index contributed by atoms with van der Waals surface area (Å²) < 4.78 is 5.14. The molecule has 0 fully saturated rings. The summed E-state index contributed by atoms with van der Waals surface area (Å²) in [5.74, 6) is 0.648. The number of hydrogen-bond acceptors (Lipinski definition) is 4. The number of hydrogen-bond donors (Lipinski definition) is 2. The van der Waals surface area contributed by atoms with Crippen LogP contribution in [0, 0.1) is 0 Å². The van der Waals surface area contributed by atoms with Gasteiger partial charge in [-0.2, -0.15) is 0 Å². The Labute approximate surface area is 122 Å². The zero-order chi connectivity index (χ0) is 14.7. The number of carbonyl (C=O) groups is 1. The molecule has 20 heavy (non-hydrogen) atoms. The fraction of sp³-hybridized carbons (Fsp3) is 0.267. The molecule has 0 unspecified atom stereocenters. The Hall–Kier alpha value is -2.01. The summed E-state index contributed by atoms with van der Waals surface area (Å²) in [6.07, 6.45) is 0. The van der Waals surface area contributed by atoms with Crippen LogP contribution in [0.1, 0.15) is 24.2 Å². The maximum absolute atomic E-state index is 12.2. The van der Waals surface area contributed by atoms with Crippen LogP contribution in [0.4, 0.5) is 5.00 Å². The van der Waals surface area contributed by atoms with E-state index in [0.717, 1.165) is 16.9 Å². The van der Waals surface area contributed by atoms with Crippen molar-refractivity contribution in [1.82, 2.24) is 5.32 Å². The summed E-state index contributed by atoms with van der Waals surface area (Å²) in [7, 11) is 1.62. The Balaban J connectivity index is 2.39. The maximum Gasteiger partial charge on any atom is 0.255 e. The number of benzene rings is 1. The molecule has 4 nitrogen and oxygen atoms in total. The van der Waals surface area contributed by atoms with Crippen LogP contribution in [0.25, 0.3) is 11.1 Å². The molecule has 0 spiro atoms. The highest BCUT2D eigenvalue weighted by Gasteiger charge is 2.19. The number of methoxy groups -OCH3 is 1. The average molecular weight is 290 g/mol. The lowest BCUT2D eigenvalue weighted by Gasteiger charge is -2.10. The van der Waals surface area contributed by atoms with Crippen LogP contribution in [-0.2, 0) is 0 Å². The highest BCUT2D eigenvalue weighted by molar-refractivity contribution is 7.15. The van der Waals surface area contributed by atoms with Crippen LogP contribution < -0.4 is 15.8 Å². The Morgan fingerprint density at radius 1 is 1.30 bits per heavy atom. The SMILES string of the molecule is COc1ccc(-c2csc(N)c2C(=O)NC(C)C)cc1. The van der Waals surface area contributed by atoms with E-state index < -0.39 is 0 Å². The molecule has 0 aliphatic heterocycles. The van der Waals surface area contributed by atoms with Gasteiger partial charge in [0.25, 0.3) is 5.91 Å². The Morgan fingerprint density at radius 2 is 1.95 bits per heavy atom. The summed E-state index contributed by atoms with van der Waals surface area (Å²) in [4.78, 5) is 12.2. The number of rotatable bonds is 4. The lowest BCUT2D eigenvalue weighted by atomic mass is 10.0. The van der Waals surface area contributed by atoms with E-state index in [1.807, 2.05) is 43.5 Å². The lowest BCUT2D eigenvalue weighted by molar-refractivity contribution is 0.0945. The maximum atomic E-state index is 12.2. The van der Waals surface area contributed by atoms with Crippen molar-refractivity contribution in [2.75, 3.05) is 12.8 Å². The number of anilines is 1. The quantitative estimate of drug-likeness (QED) is 0.909. The second-order valence-corrected chi connectivity index (χ2v) is 5.66. The number of nitrogens with two attached hydrogens (primary N) is 1. The van der Waals surface area contributed by atoms with E-state index in [1.54, 1.807) is 7.11 Å². The smallest absolute Gasteiger partial charge is 0.255 e. The summed E-state index contributed by atoms with van der Waals surface area (Å²) in [6.45, 7) is 3.85. The molecule has 106 valence electrons. The molecule has 1 aromatic carbocycles. The molecule has 0 atom stereocenters. The molecule has 0 aliphatic carbocycles. The number of carbonyl (C=O) groups excluding carboxylic acids is 1. The Kier molecular flexibility index (Phi) is 4.29. The molecule has 2 rings (SSSR count). The molecule has 0 bridgehead atoms. The third kappa shape index (κ3) is 2.93. The van der Waals surface area contributed by atoms with Crippen LogP contribution >= 0.6 is 11.3 Å². The van der Waals surface area contributed by atoms with Gasteiger partial charge in [0.05, 0.1) is 17.7 Å². The van der Waals surface area contributed by atoms with Gasteiger partial charge in [-0.05, 0) is 31.5 Å². The van der Waals surface area contributed by atoms with Crippen molar-refractivity contribution in [3.63, 3.8) is 0 Å². The molecule has 0 radical (unpaired) electrons. The van der Waals surface area contributed by atoms with Gasteiger partial charge in [-0.1, -0.05) is 12.1 Å². The molecular formula is C15H18N2O2S. The molecule has 0 saturated heterocycles.